The van der Waals surface area contributed by atoms with Crippen LogP contribution in [0.15, 0.2) is 48.5 Å². The molecule has 2 aromatic rings. The molecule has 0 aliphatic heterocycles. The molecule has 0 unspecified atom stereocenters. The second-order valence-electron chi connectivity index (χ2n) is 5.27. The number of rotatable bonds is 8. The summed E-state index contributed by atoms with van der Waals surface area (Å²) in [5.74, 6) is 0.351. The molecule has 0 bridgehead atoms. The van der Waals surface area contributed by atoms with E-state index in [1.165, 1.54) is 0 Å². The number of nitrogens with one attached hydrogen (secondary N) is 3. The monoisotopic (exact) mass is 341 g/mol. The van der Waals surface area contributed by atoms with Crippen LogP contribution in [0.2, 0.25) is 0 Å². The van der Waals surface area contributed by atoms with Gasteiger partial charge in [-0.15, -0.1) is 0 Å². The molecule has 3 N–H and O–H groups in total. The summed E-state index contributed by atoms with van der Waals surface area (Å²) in [7, 11) is 0. The Morgan fingerprint density at radius 2 is 1.72 bits per heavy atom. The smallest absolute Gasteiger partial charge is 0.251 e. The second kappa shape index (κ2) is 9.32. The molecule has 2 amide bonds. The van der Waals surface area contributed by atoms with E-state index in [0.717, 1.165) is 5.69 Å². The van der Waals surface area contributed by atoms with Crippen molar-refractivity contribution in [2.45, 2.75) is 13.8 Å². The summed E-state index contributed by atoms with van der Waals surface area (Å²) in [5.41, 5.74) is 1.99. The van der Waals surface area contributed by atoms with Crippen LogP contribution in [0.3, 0.4) is 0 Å². The van der Waals surface area contributed by atoms with Crippen LogP contribution in [0.4, 0.5) is 11.4 Å². The van der Waals surface area contributed by atoms with E-state index in [9.17, 15) is 9.59 Å². The summed E-state index contributed by atoms with van der Waals surface area (Å²) in [6.45, 7) is 4.99. The van der Waals surface area contributed by atoms with Gasteiger partial charge in [0.1, 0.15) is 5.75 Å². The molecule has 0 aromatic heterocycles. The Morgan fingerprint density at radius 3 is 2.40 bits per heavy atom. The number of amides is 2. The number of hydrogen-bond acceptors (Lipinski definition) is 4. The van der Waals surface area contributed by atoms with Crippen LogP contribution in [-0.2, 0) is 4.79 Å². The van der Waals surface area contributed by atoms with Crippen LogP contribution in [-0.4, -0.2) is 31.5 Å². The Kier molecular flexibility index (Phi) is 6.83. The minimum absolute atomic E-state index is 0.112. The number of para-hydroxylation sites is 2. The van der Waals surface area contributed by atoms with Crippen molar-refractivity contribution in [2.24, 2.45) is 0 Å². The van der Waals surface area contributed by atoms with Gasteiger partial charge in [-0.2, -0.15) is 0 Å². The third-order valence-corrected chi connectivity index (χ3v) is 3.40. The Balaban J connectivity index is 1.89. The van der Waals surface area contributed by atoms with Gasteiger partial charge in [0.2, 0.25) is 5.91 Å². The van der Waals surface area contributed by atoms with E-state index >= 15 is 0 Å². The van der Waals surface area contributed by atoms with E-state index in [1.807, 2.05) is 32.0 Å². The molecule has 2 rings (SSSR count). The van der Waals surface area contributed by atoms with Gasteiger partial charge >= 0.3 is 0 Å². The highest BCUT2D eigenvalue weighted by molar-refractivity contribution is 5.96. The lowest BCUT2D eigenvalue weighted by atomic mass is 10.2. The molecule has 0 atom stereocenters. The SMILES string of the molecule is CCNC(=O)c1ccc(NCC(=O)Nc2ccccc2OCC)cc1. The predicted octanol–water partition coefficient (Wildman–Crippen LogP) is 2.89. The van der Waals surface area contributed by atoms with E-state index in [1.54, 1.807) is 30.3 Å². The van der Waals surface area contributed by atoms with Crippen molar-refractivity contribution in [1.82, 2.24) is 5.32 Å². The van der Waals surface area contributed by atoms with Crippen molar-refractivity contribution in [3.8, 4) is 5.75 Å². The zero-order valence-electron chi connectivity index (χ0n) is 14.5. The molecule has 132 valence electrons. The molecule has 6 nitrogen and oxygen atoms in total. The largest absolute Gasteiger partial charge is 0.492 e. The van der Waals surface area contributed by atoms with Crippen molar-refractivity contribution in [2.75, 3.05) is 30.3 Å². The highest BCUT2D eigenvalue weighted by atomic mass is 16.5. The molecular weight excluding hydrogens is 318 g/mol. The van der Waals surface area contributed by atoms with Gasteiger partial charge in [-0.1, -0.05) is 12.1 Å². The third-order valence-electron chi connectivity index (χ3n) is 3.40. The van der Waals surface area contributed by atoms with Gasteiger partial charge in [-0.3, -0.25) is 9.59 Å². The standard InChI is InChI=1S/C19H23N3O3/c1-3-20-19(24)14-9-11-15(12-10-14)21-13-18(23)22-16-7-5-6-8-17(16)25-4-2/h5-12,21H,3-4,13H2,1-2H3,(H,20,24)(H,22,23). The second-order valence-corrected chi connectivity index (χ2v) is 5.27. The minimum Gasteiger partial charge on any atom is -0.492 e. The van der Waals surface area contributed by atoms with E-state index in [0.29, 0.717) is 30.2 Å². The average molecular weight is 341 g/mol. The molecule has 6 heteroatoms. The number of carbonyl (C=O) groups excluding carboxylic acids is 2. The van der Waals surface area contributed by atoms with Crippen molar-refractivity contribution in [3.63, 3.8) is 0 Å². The quantitative estimate of drug-likeness (QED) is 0.690. The maximum Gasteiger partial charge on any atom is 0.251 e. The Labute approximate surface area is 147 Å². The fourth-order valence-electron chi connectivity index (χ4n) is 2.23. The summed E-state index contributed by atoms with van der Waals surface area (Å²) in [4.78, 5) is 23.8. The van der Waals surface area contributed by atoms with Crippen LogP contribution in [0.5, 0.6) is 5.75 Å². The summed E-state index contributed by atoms with van der Waals surface area (Å²) in [5, 5.41) is 8.59. The number of carbonyl (C=O) groups is 2. The van der Waals surface area contributed by atoms with Crippen molar-refractivity contribution in [1.29, 1.82) is 0 Å². The Morgan fingerprint density at radius 1 is 1.00 bits per heavy atom. The summed E-state index contributed by atoms with van der Waals surface area (Å²) >= 11 is 0. The summed E-state index contributed by atoms with van der Waals surface area (Å²) < 4.78 is 5.48. The van der Waals surface area contributed by atoms with Gasteiger partial charge in [-0.25, -0.2) is 0 Å². The number of anilines is 2. The molecule has 0 fully saturated rings. The zero-order chi connectivity index (χ0) is 18.1. The fourth-order valence-corrected chi connectivity index (χ4v) is 2.23. The van der Waals surface area contributed by atoms with Crippen LogP contribution in [0.25, 0.3) is 0 Å². The van der Waals surface area contributed by atoms with Gasteiger partial charge < -0.3 is 20.7 Å². The van der Waals surface area contributed by atoms with E-state index in [-0.39, 0.29) is 18.4 Å². The maximum absolute atomic E-state index is 12.1. The van der Waals surface area contributed by atoms with Crippen molar-refractivity contribution < 1.29 is 14.3 Å². The highest BCUT2D eigenvalue weighted by Gasteiger charge is 2.08. The number of benzene rings is 2. The molecule has 0 aliphatic carbocycles. The molecule has 0 saturated carbocycles. The molecule has 25 heavy (non-hydrogen) atoms. The first kappa shape index (κ1) is 18.3. The topological polar surface area (TPSA) is 79.5 Å². The molecule has 0 aliphatic rings. The van der Waals surface area contributed by atoms with E-state index in [4.69, 9.17) is 4.74 Å². The Hall–Kier alpha value is -3.02. The third kappa shape index (κ3) is 5.53. The van der Waals surface area contributed by atoms with Crippen molar-refractivity contribution in [3.05, 3.63) is 54.1 Å². The predicted molar refractivity (Wildman–Crippen MR) is 99.2 cm³/mol. The fraction of sp³-hybridized carbons (Fsp3) is 0.263. The zero-order valence-corrected chi connectivity index (χ0v) is 14.5. The van der Waals surface area contributed by atoms with Crippen LogP contribution >= 0.6 is 0 Å². The van der Waals surface area contributed by atoms with Gasteiger partial charge in [0, 0.05) is 17.8 Å². The average Bonchev–Trinajstić information content (AvgIpc) is 2.62. The van der Waals surface area contributed by atoms with Gasteiger partial charge in [-0.05, 0) is 50.2 Å². The molecule has 0 heterocycles. The molecule has 0 spiro atoms. The van der Waals surface area contributed by atoms with Crippen LogP contribution in [0.1, 0.15) is 24.2 Å². The normalized spacial score (nSPS) is 10.0. The first-order valence-corrected chi connectivity index (χ1v) is 8.27. The maximum atomic E-state index is 12.1. The molecular formula is C19H23N3O3. The van der Waals surface area contributed by atoms with E-state index < -0.39 is 0 Å². The Bertz CT molecular complexity index is 714. The van der Waals surface area contributed by atoms with Crippen LogP contribution in [0, 0.1) is 0 Å². The highest BCUT2D eigenvalue weighted by Crippen LogP contribution is 2.23. The molecule has 2 aromatic carbocycles. The first-order chi connectivity index (χ1) is 12.1. The first-order valence-electron chi connectivity index (χ1n) is 8.27. The van der Waals surface area contributed by atoms with Gasteiger partial charge in [0.15, 0.2) is 0 Å². The lowest BCUT2D eigenvalue weighted by Gasteiger charge is -2.12. The van der Waals surface area contributed by atoms with Crippen LogP contribution < -0.4 is 20.7 Å². The number of hydrogen-bond donors (Lipinski definition) is 3. The summed E-state index contributed by atoms with van der Waals surface area (Å²) in [6, 6.07) is 14.3. The minimum atomic E-state index is -0.181. The summed E-state index contributed by atoms with van der Waals surface area (Å²) in [6.07, 6.45) is 0. The van der Waals surface area contributed by atoms with Gasteiger partial charge in [0.25, 0.3) is 5.91 Å². The van der Waals surface area contributed by atoms with Crippen molar-refractivity contribution >= 4 is 23.2 Å². The lowest BCUT2D eigenvalue weighted by Crippen LogP contribution is -2.23. The molecule has 0 saturated heterocycles. The van der Waals surface area contributed by atoms with Gasteiger partial charge in [0.05, 0.1) is 18.8 Å². The molecule has 0 radical (unpaired) electrons. The van der Waals surface area contributed by atoms with E-state index in [2.05, 4.69) is 16.0 Å². The number of ether oxygens (including phenoxy) is 1. The lowest BCUT2D eigenvalue weighted by molar-refractivity contribution is -0.114.